The molecule has 1 fully saturated rings. The van der Waals surface area contributed by atoms with Crippen LogP contribution in [0.1, 0.15) is 32.6 Å². The Kier molecular flexibility index (Phi) is 7.19. The molecule has 2 atom stereocenters. The zero-order valence-corrected chi connectivity index (χ0v) is 11.1. The normalized spacial score (nSPS) is 25.1. The topological polar surface area (TPSA) is 87.8 Å². The van der Waals surface area contributed by atoms with E-state index in [0.29, 0.717) is 6.42 Å². The van der Waals surface area contributed by atoms with Crippen LogP contribution in [-0.4, -0.2) is 54.4 Å². The Labute approximate surface area is 108 Å². The zero-order valence-electron chi connectivity index (χ0n) is 11.1. The van der Waals surface area contributed by atoms with Crippen LogP contribution in [0.15, 0.2) is 0 Å². The van der Waals surface area contributed by atoms with Gasteiger partial charge in [0.05, 0.1) is 18.8 Å². The minimum Gasteiger partial charge on any atom is -0.394 e. The first-order chi connectivity index (χ1) is 8.65. The molecule has 1 aliphatic heterocycles. The largest absolute Gasteiger partial charge is 0.394 e. The molecule has 6 nitrogen and oxygen atoms in total. The van der Waals surface area contributed by atoms with Crippen LogP contribution in [-0.2, 0) is 9.53 Å². The number of unbranched alkanes of at least 4 members (excludes halogenated alkanes) is 2. The summed E-state index contributed by atoms with van der Waals surface area (Å²) >= 11 is 0. The third-order valence-corrected chi connectivity index (χ3v) is 3.14. The maximum atomic E-state index is 10.9. The Morgan fingerprint density at radius 2 is 2.22 bits per heavy atom. The quantitative estimate of drug-likeness (QED) is 0.251. The number of nitrogens with two attached hydrogens (primary N) is 1. The third kappa shape index (κ3) is 5.77. The standard InChI is InChI=1S/C12H25N3O3/c1-10-7-15(8-11(9-16)18-10)6-4-2-3-5-12(17)14-13/h10-11,16H,2-9,13H2,1H3,(H,14,17). The molecule has 1 amide bonds. The van der Waals surface area contributed by atoms with Crippen LogP contribution in [0.3, 0.4) is 0 Å². The van der Waals surface area contributed by atoms with E-state index < -0.39 is 0 Å². The molecule has 0 aromatic heterocycles. The van der Waals surface area contributed by atoms with Gasteiger partial charge in [0, 0.05) is 19.5 Å². The van der Waals surface area contributed by atoms with Crippen molar-refractivity contribution >= 4 is 5.91 Å². The molecular formula is C12H25N3O3. The summed E-state index contributed by atoms with van der Waals surface area (Å²) in [5, 5.41) is 9.12. The fourth-order valence-electron chi connectivity index (χ4n) is 2.29. The van der Waals surface area contributed by atoms with Crippen molar-refractivity contribution in [3.05, 3.63) is 0 Å². The molecule has 1 heterocycles. The Bertz CT molecular complexity index is 251. The van der Waals surface area contributed by atoms with Crippen LogP contribution in [0.4, 0.5) is 0 Å². The molecule has 0 saturated carbocycles. The molecule has 1 aliphatic rings. The van der Waals surface area contributed by atoms with Crippen molar-refractivity contribution < 1.29 is 14.6 Å². The molecule has 1 rings (SSSR count). The molecule has 0 aliphatic carbocycles. The van der Waals surface area contributed by atoms with E-state index >= 15 is 0 Å². The van der Waals surface area contributed by atoms with Crippen molar-refractivity contribution in [2.75, 3.05) is 26.2 Å². The van der Waals surface area contributed by atoms with E-state index in [1.54, 1.807) is 0 Å². The number of morpholine rings is 1. The summed E-state index contributed by atoms with van der Waals surface area (Å²) in [4.78, 5) is 13.2. The zero-order chi connectivity index (χ0) is 13.4. The summed E-state index contributed by atoms with van der Waals surface area (Å²) in [5.74, 6) is 4.90. The summed E-state index contributed by atoms with van der Waals surface area (Å²) < 4.78 is 5.58. The van der Waals surface area contributed by atoms with Crippen LogP contribution in [0, 0.1) is 0 Å². The number of hydrogen-bond acceptors (Lipinski definition) is 5. The van der Waals surface area contributed by atoms with Gasteiger partial charge in [-0.1, -0.05) is 6.42 Å². The first kappa shape index (κ1) is 15.4. The highest BCUT2D eigenvalue weighted by Gasteiger charge is 2.23. The van der Waals surface area contributed by atoms with Gasteiger partial charge < -0.3 is 9.84 Å². The lowest BCUT2D eigenvalue weighted by atomic mass is 10.1. The summed E-state index contributed by atoms with van der Waals surface area (Å²) in [6, 6.07) is 0. The SMILES string of the molecule is CC1CN(CCCCCC(=O)NN)CC(CO)O1. The van der Waals surface area contributed by atoms with E-state index in [1.165, 1.54) is 0 Å². The van der Waals surface area contributed by atoms with Gasteiger partial charge in [0.25, 0.3) is 0 Å². The highest BCUT2D eigenvalue weighted by Crippen LogP contribution is 2.12. The number of amides is 1. The molecule has 0 aromatic rings. The molecule has 0 spiro atoms. The van der Waals surface area contributed by atoms with Gasteiger partial charge in [0.15, 0.2) is 0 Å². The average Bonchev–Trinajstić information content (AvgIpc) is 2.37. The van der Waals surface area contributed by atoms with Crippen LogP contribution < -0.4 is 11.3 Å². The average molecular weight is 259 g/mol. The van der Waals surface area contributed by atoms with Gasteiger partial charge >= 0.3 is 0 Å². The third-order valence-electron chi connectivity index (χ3n) is 3.14. The van der Waals surface area contributed by atoms with Gasteiger partial charge in [0.2, 0.25) is 5.91 Å². The van der Waals surface area contributed by atoms with Gasteiger partial charge in [-0.2, -0.15) is 0 Å². The Morgan fingerprint density at radius 3 is 2.89 bits per heavy atom. The maximum absolute atomic E-state index is 10.9. The fourth-order valence-corrected chi connectivity index (χ4v) is 2.29. The lowest BCUT2D eigenvalue weighted by molar-refractivity contribution is -0.121. The van der Waals surface area contributed by atoms with Gasteiger partial charge in [-0.15, -0.1) is 0 Å². The van der Waals surface area contributed by atoms with Gasteiger partial charge in [0.1, 0.15) is 0 Å². The van der Waals surface area contributed by atoms with Crippen LogP contribution in [0.25, 0.3) is 0 Å². The number of carbonyl (C=O) groups excluding carboxylic acids is 1. The molecule has 0 radical (unpaired) electrons. The smallest absolute Gasteiger partial charge is 0.233 e. The molecule has 0 bridgehead atoms. The molecular weight excluding hydrogens is 234 g/mol. The molecule has 4 N–H and O–H groups in total. The molecule has 18 heavy (non-hydrogen) atoms. The van der Waals surface area contributed by atoms with Crippen molar-refractivity contribution in [1.82, 2.24) is 10.3 Å². The van der Waals surface area contributed by atoms with Gasteiger partial charge in [-0.05, 0) is 26.3 Å². The summed E-state index contributed by atoms with van der Waals surface area (Å²) in [6.07, 6.45) is 3.56. The molecule has 106 valence electrons. The monoisotopic (exact) mass is 259 g/mol. The second-order valence-electron chi connectivity index (χ2n) is 4.89. The minimum atomic E-state index is -0.102. The van der Waals surface area contributed by atoms with E-state index in [2.05, 4.69) is 10.3 Å². The van der Waals surface area contributed by atoms with Crippen LogP contribution in [0.2, 0.25) is 0 Å². The van der Waals surface area contributed by atoms with Gasteiger partial charge in [-0.25, -0.2) is 5.84 Å². The van der Waals surface area contributed by atoms with E-state index in [0.717, 1.165) is 38.9 Å². The van der Waals surface area contributed by atoms with Crippen molar-refractivity contribution in [2.24, 2.45) is 5.84 Å². The number of aliphatic hydroxyl groups is 1. The first-order valence-corrected chi connectivity index (χ1v) is 6.63. The Hall–Kier alpha value is -0.690. The number of hydrazine groups is 1. The number of nitrogens with zero attached hydrogens (tertiary/aromatic N) is 1. The molecule has 0 aromatic carbocycles. The predicted octanol–water partition coefficient (Wildman–Crippen LogP) is -0.382. The van der Waals surface area contributed by atoms with Crippen molar-refractivity contribution in [3.63, 3.8) is 0 Å². The number of hydrogen-bond donors (Lipinski definition) is 3. The Balaban J connectivity index is 2.09. The van der Waals surface area contributed by atoms with Gasteiger partial charge in [-0.3, -0.25) is 15.1 Å². The van der Waals surface area contributed by atoms with E-state index in [4.69, 9.17) is 15.7 Å². The second-order valence-corrected chi connectivity index (χ2v) is 4.89. The predicted molar refractivity (Wildman–Crippen MR) is 68.7 cm³/mol. The van der Waals surface area contributed by atoms with E-state index in [1.807, 2.05) is 6.92 Å². The maximum Gasteiger partial charge on any atom is 0.233 e. The number of ether oxygens (including phenoxy) is 1. The van der Waals surface area contributed by atoms with Crippen LogP contribution >= 0.6 is 0 Å². The number of aliphatic hydroxyl groups excluding tert-OH is 1. The summed E-state index contributed by atoms with van der Waals surface area (Å²) in [5.41, 5.74) is 2.13. The highest BCUT2D eigenvalue weighted by atomic mass is 16.5. The lowest BCUT2D eigenvalue weighted by Crippen LogP contribution is -2.48. The Morgan fingerprint density at radius 1 is 1.44 bits per heavy atom. The fraction of sp³-hybridized carbons (Fsp3) is 0.917. The van der Waals surface area contributed by atoms with E-state index in [-0.39, 0.29) is 24.7 Å². The molecule has 6 heteroatoms. The van der Waals surface area contributed by atoms with E-state index in [9.17, 15) is 4.79 Å². The summed E-state index contributed by atoms with van der Waals surface area (Å²) in [6.45, 7) is 4.82. The lowest BCUT2D eigenvalue weighted by Gasteiger charge is -2.36. The second kappa shape index (κ2) is 8.42. The number of nitrogens with one attached hydrogen (secondary N) is 1. The first-order valence-electron chi connectivity index (χ1n) is 6.63. The minimum absolute atomic E-state index is 0.0585. The molecule has 2 unspecified atom stereocenters. The number of carbonyl (C=O) groups is 1. The summed E-state index contributed by atoms with van der Waals surface area (Å²) in [7, 11) is 0. The van der Waals surface area contributed by atoms with Crippen molar-refractivity contribution in [3.8, 4) is 0 Å². The highest BCUT2D eigenvalue weighted by molar-refractivity contribution is 5.74. The molecule has 1 saturated heterocycles. The van der Waals surface area contributed by atoms with Crippen molar-refractivity contribution in [1.29, 1.82) is 0 Å². The van der Waals surface area contributed by atoms with Crippen molar-refractivity contribution in [2.45, 2.75) is 44.8 Å². The van der Waals surface area contributed by atoms with Crippen LogP contribution in [0.5, 0.6) is 0 Å². The number of rotatable bonds is 7.